The Bertz CT molecular complexity index is 1130. The molecule has 3 aromatic rings. The number of aromatic nitrogens is 2. The third-order valence-corrected chi connectivity index (χ3v) is 4.98. The van der Waals surface area contributed by atoms with Crippen molar-refractivity contribution in [1.82, 2.24) is 9.78 Å². The Kier molecular flexibility index (Phi) is 6.01. The number of urea groups is 1. The van der Waals surface area contributed by atoms with Gasteiger partial charge in [0.2, 0.25) is 0 Å². The lowest BCUT2D eigenvalue weighted by Gasteiger charge is -2.14. The summed E-state index contributed by atoms with van der Waals surface area (Å²) in [5, 5.41) is 9.71. The second kappa shape index (κ2) is 8.20. The van der Waals surface area contributed by atoms with Crippen LogP contribution < -0.4 is 10.6 Å². The first kappa shape index (κ1) is 22.0. The van der Waals surface area contributed by atoms with Crippen LogP contribution >= 0.6 is 23.2 Å². The first-order valence-electron chi connectivity index (χ1n) is 8.75. The topological polar surface area (TPSA) is 59.0 Å². The Balaban J connectivity index is 2.00. The summed E-state index contributed by atoms with van der Waals surface area (Å²) in [6.45, 7) is 5.57. The molecule has 1 heterocycles. The third kappa shape index (κ3) is 4.39. The molecule has 0 atom stereocenters. The molecule has 3 rings (SSSR count). The molecule has 0 bridgehead atoms. The molecular formula is C20H17Cl2F3N4O. The summed E-state index contributed by atoms with van der Waals surface area (Å²) in [5.74, 6) is -4.36. The summed E-state index contributed by atoms with van der Waals surface area (Å²) in [5.41, 5.74) is -0.0882. The van der Waals surface area contributed by atoms with Crippen LogP contribution in [0.5, 0.6) is 0 Å². The van der Waals surface area contributed by atoms with Gasteiger partial charge < -0.3 is 5.32 Å². The van der Waals surface area contributed by atoms with Crippen molar-refractivity contribution in [3.8, 4) is 5.69 Å². The minimum Gasteiger partial charge on any atom is -0.306 e. The summed E-state index contributed by atoms with van der Waals surface area (Å²) in [6.07, 6.45) is 0. The molecule has 0 aliphatic rings. The molecule has 0 unspecified atom stereocenters. The minimum absolute atomic E-state index is 0.0421. The highest BCUT2D eigenvalue weighted by Gasteiger charge is 2.24. The van der Waals surface area contributed by atoms with Crippen molar-refractivity contribution in [2.75, 3.05) is 10.6 Å². The van der Waals surface area contributed by atoms with E-state index in [1.54, 1.807) is 18.2 Å². The van der Waals surface area contributed by atoms with E-state index in [4.69, 9.17) is 23.2 Å². The lowest BCUT2D eigenvalue weighted by molar-refractivity contribution is 0.262. The second-order valence-electron chi connectivity index (χ2n) is 7.45. The lowest BCUT2D eigenvalue weighted by atomic mass is 9.92. The third-order valence-electron chi connectivity index (χ3n) is 4.16. The van der Waals surface area contributed by atoms with Gasteiger partial charge in [-0.05, 0) is 24.3 Å². The molecule has 0 radical (unpaired) electrons. The van der Waals surface area contributed by atoms with Crippen molar-refractivity contribution in [3.05, 3.63) is 69.6 Å². The summed E-state index contributed by atoms with van der Waals surface area (Å²) >= 11 is 12.0. The molecule has 0 saturated carbocycles. The van der Waals surface area contributed by atoms with Crippen LogP contribution in [0.3, 0.4) is 0 Å². The number of amides is 2. The molecule has 158 valence electrons. The Hall–Kier alpha value is -2.71. The smallest absolute Gasteiger partial charge is 0.306 e. The fourth-order valence-corrected chi connectivity index (χ4v) is 2.92. The van der Waals surface area contributed by atoms with E-state index in [1.807, 2.05) is 20.8 Å². The van der Waals surface area contributed by atoms with Crippen molar-refractivity contribution in [3.63, 3.8) is 0 Å². The second-order valence-corrected chi connectivity index (χ2v) is 8.24. The van der Waals surface area contributed by atoms with Crippen molar-refractivity contribution < 1.29 is 18.0 Å². The number of nitrogens with one attached hydrogen (secondary N) is 2. The SMILES string of the molecule is CC(C)(C)c1cc(NC(=O)Nc2cccc(Cl)c2Cl)n(-c2ccc(F)c(F)c2F)n1. The maximum Gasteiger partial charge on any atom is 0.324 e. The van der Waals surface area contributed by atoms with Crippen molar-refractivity contribution in [2.45, 2.75) is 26.2 Å². The van der Waals surface area contributed by atoms with Gasteiger partial charge in [-0.2, -0.15) is 5.10 Å². The molecule has 0 saturated heterocycles. The molecule has 0 fully saturated rings. The highest BCUT2D eigenvalue weighted by atomic mass is 35.5. The number of nitrogens with zero attached hydrogens (tertiary/aromatic N) is 2. The Morgan fingerprint density at radius 3 is 2.40 bits per heavy atom. The highest BCUT2D eigenvalue weighted by molar-refractivity contribution is 6.44. The zero-order chi connectivity index (χ0) is 22.2. The van der Waals surface area contributed by atoms with E-state index in [2.05, 4.69) is 15.7 Å². The molecule has 10 heteroatoms. The van der Waals surface area contributed by atoms with Gasteiger partial charge in [-0.15, -0.1) is 0 Å². The normalized spacial score (nSPS) is 11.5. The molecule has 0 aliphatic carbocycles. The molecule has 1 aromatic heterocycles. The van der Waals surface area contributed by atoms with Gasteiger partial charge in [0, 0.05) is 11.5 Å². The van der Waals surface area contributed by atoms with Crippen LogP contribution in [0.4, 0.5) is 29.5 Å². The summed E-state index contributed by atoms with van der Waals surface area (Å²) in [6, 6.07) is 7.31. The minimum atomic E-state index is -1.64. The van der Waals surface area contributed by atoms with Gasteiger partial charge in [0.1, 0.15) is 11.5 Å². The zero-order valence-corrected chi connectivity index (χ0v) is 17.7. The molecule has 0 aliphatic heterocycles. The molecule has 2 N–H and O–H groups in total. The van der Waals surface area contributed by atoms with Crippen LogP contribution in [-0.2, 0) is 5.41 Å². The maximum absolute atomic E-state index is 14.4. The van der Waals surface area contributed by atoms with Crippen LogP contribution in [-0.4, -0.2) is 15.8 Å². The zero-order valence-electron chi connectivity index (χ0n) is 16.2. The number of carbonyl (C=O) groups is 1. The van der Waals surface area contributed by atoms with E-state index >= 15 is 0 Å². The predicted octanol–water partition coefficient (Wildman–Crippen LogP) is 6.54. The Morgan fingerprint density at radius 2 is 1.73 bits per heavy atom. The molecular weight excluding hydrogens is 440 g/mol. The van der Waals surface area contributed by atoms with Crippen LogP contribution in [0.25, 0.3) is 5.69 Å². The molecule has 5 nitrogen and oxygen atoms in total. The van der Waals surface area contributed by atoms with Gasteiger partial charge >= 0.3 is 6.03 Å². The van der Waals surface area contributed by atoms with E-state index < -0.39 is 28.9 Å². The average Bonchev–Trinajstić information content (AvgIpc) is 3.07. The van der Waals surface area contributed by atoms with Gasteiger partial charge in [-0.3, -0.25) is 5.32 Å². The molecule has 2 aromatic carbocycles. The number of hydrogen-bond donors (Lipinski definition) is 2. The van der Waals surface area contributed by atoms with Crippen LogP contribution in [0.15, 0.2) is 36.4 Å². The fraction of sp³-hybridized carbons (Fsp3) is 0.200. The number of benzene rings is 2. The van der Waals surface area contributed by atoms with Crippen LogP contribution in [0, 0.1) is 17.5 Å². The summed E-state index contributed by atoms with van der Waals surface area (Å²) < 4.78 is 42.5. The Labute approximate surface area is 180 Å². The maximum atomic E-state index is 14.4. The predicted molar refractivity (Wildman–Crippen MR) is 111 cm³/mol. The quantitative estimate of drug-likeness (QED) is 0.439. The molecule has 0 spiro atoms. The number of anilines is 2. The first-order chi connectivity index (χ1) is 14.0. The summed E-state index contributed by atoms with van der Waals surface area (Å²) in [7, 11) is 0. The van der Waals surface area contributed by atoms with Gasteiger partial charge in [-0.1, -0.05) is 50.0 Å². The number of hydrogen-bond acceptors (Lipinski definition) is 2. The Morgan fingerprint density at radius 1 is 1.03 bits per heavy atom. The van der Waals surface area contributed by atoms with Crippen molar-refractivity contribution >= 4 is 40.7 Å². The van der Waals surface area contributed by atoms with E-state index in [-0.39, 0.29) is 27.2 Å². The van der Waals surface area contributed by atoms with Gasteiger partial charge in [0.25, 0.3) is 0 Å². The van der Waals surface area contributed by atoms with Crippen molar-refractivity contribution in [2.24, 2.45) is 0 Å². The van der Waals surface area contributed by atoms with Crippen LogP contribution in [0.1, 0.15) is 26.5 Å². The van der Waals surface area contributed by atoms with E-state index in [1.165, 1.54) is 6.07 Å². The fourth-order valence-electron chi connectivity index (χ4n) is 2.57. The summed E-state index contributed by atoms with van der Waals surface area (Å²) in [4.78, 5) is 12.5. The number of rotatable bonds is 3. The van der Waals surface area contributed by atoms with E-state index in [0.29, 0.717) is 5.69 Å². The molecule has 30 heavy (non-hydrogen) atoms. The van der Waals surface area contributed by atoms with E-state index in [0.717, 1.165) is 16.8 Å². The van der Waals surface area contributed by atoms with Crippen LogP contribution in [0.2, 0.25) is 10.0 Å². The average molecular weight is 457 g/mol. The molecule has 2 amide bonds. The number of carbonyl (C=O) groups excluding carboxylic acids is 1. The van der Waals surface area contributed by atoms with E-state index in [9.17, 15) is 18.0 Å². The monoisotopic (exact) mass is 456 g/mol. The first-order valence-corrected chi connectivity index (χ1v) is 9.51. The van der Waals surface area contributed by atoms with Gasteiger partial charge in [0.05, 0.1) is 21.4 Å². The lowest BCUT2D eigenvalue weighted by Crippen LogP contribution is -2.22. The largest absolute Gasteiger partial charge is 0.324 e. The standard InChI is InChI=1S/C20H17Cl2F3N4O/c1-20(2,3)14-9-15(27-19(30)26-12-6-4-5-10(21)16(12)22)29(28-14)13-8-7-11(23)17(24)18(13)25/h4-9H,1-3H3,(H2,26,27,30). The van der Waals surface area contributed by atoms with Gasteiger partial charge in [-0.25, -0.2) is 22.6 Å². The highest BCUT2D eigenvalue weighted by Crippen LogP contribution is 2.31. The van der Waals surface area contributed by atoms with Gasteiger partial charge in [0.15, 0.2) is 17.5 Å². The number of halogens is 5. The van der Waals surface area contributed by atoms with Crippen molar-refractivity contribution in [1.29, 1.82) is 0 Å².